The third-order valence-corrected chi connectivity index (χ3v) is 3.75. The summed E-state index contributed by atoms with van der Waals surface area (Å²) < 4.78 is 20.7. The van der Waals surface area contributed by atoms with E-state index >= 15 is 0 Å². The molecule has 1 aliphatic rings. The summed E-state index contributed by atoms with van der Waals surface area (Å²) in [4.78, 5) is 45.5. The van der Waals surface area contributed by atoms with E-state index < -0.39 is 53.7 Å². The molecule has 1 heterocycles. The number of ether oxygens (including phenoxy) is 4. The van der Waals surface area contributed by atoms with Crippen LogP contribution in [0.4, 0.5) is 0 Å². The van der Waals surface area contributed by atoms with Crippen molar-refractivity contribution in [3.05, 3.63) is 0 Å². The second kappa shape index (κ2) is 9.79. The van der Waals surface area contributed by atoms with E-state index in [1.165, 1.54) is 6.92 Å². The highest BCUT2D eigenvalue weighted by molar-refractivity contribution is 6.27. The molecule has 0 aliphatic carbocycles. The van der Waals surface area contributed by atoms with Gasteiger partial charge in [0.25, 0.3) is 0 Å². The van der Waals surface area contributed by atoms with Gasteiger partial charge in [0.05, 0.1) is 0 Å². The van der Waals surface area contributed by atoms with Gasteiger partial charge in [0.1, 0.15) is 24.6 Å². The van der Waals surface area contributed by atoms with Gasteiger partial charge in [-0.15, -0.1) is 11.6 Å². The van der Waals surface area contributed by atoms with Gasteiger partial charge in [-0.05, 0) is 0 Å². The van der Waals surface area contributed by atoms with Gasteiger partial charge >= 0.3 is 17.9 Å². The summed E-state index contributed by atoms with van der Waals surface area (Å²) in [6.07, 6.45) is -3.31. The zero-order chi connectivity index (χ0) is 19.1. The molecule has 1 saturated heterocycles. The summed E-state index contributed by atoms with van der Waals surface area (Å²) in [7, 11) is 0. The van der Waals surface area contributed by atoms with Crippen LogP contribution in [0.5, 0.6) is 0 Å². The highest BCUT2D eigenvalue weighted by Gasteiger charge is 2.50. The summed E-state index contributed by atoms with van der Waals surface area (Å²) in [5.41, 5.74) is -1.15. The van der Waals surface area contributed by atoms with Gasteiger partial charge in [-0.2, -0.15) is 0 Å². The predicted molar refractivity (Wildman–Crippen MR) is 84.9 cm³/mol. The first-order chi connectivity index (χ1) is 11.6. The van der Waals surface area contributed by atoms with Crippen molar-refractivity contribution in [2.75, 3.05) is 12.5 Å². The van der Waals surface area contributed by atoms with Gasteiger partial charge in [-0.1, -0.05) is 11.6 Å². The minimum atomic E-state index is -1.16. The number of nitrogens with one attached hydrogen (secondary N) is 1. The van der Waals surface area contributed by atoms with Crippen LogP contribution < -0.4 is 5.32 Å². The van der Waals surface area contributed by atoms with Gasteiger partial charge in [0.15, 0.2) is 17.8 Å². The van der Waals surface area contributed by atoms with E-state index in [0.29, 0.717) is 0 Å². The van der Waals surface area contributed by atoms with Gasteiger partial charge in [0.2, 0.25) is 5.91 Å². The fourth-order valence-electron chi connectivity index (χ4n) is 2.27. The van der Waals surface area contributed by atoms with Crippen LogP contribution in [0.1, 0.15) is 20.8 Å². The molecule has 25 heavy (non-hydrogen) atoms. The SMILES string of the molecule is CC(=O)OC[C@H]1OC(Cl)[C@H](NC(=O)CCl)[C@@H](OC(C)=O)[C@@H]1OC(C)=O. The summed E-state index contributed by atoms with van der Waals surface area (Å²) in [6, 6.07) is -1.03. The van der Waals surface area contributed by atoms with Crippen molar-refractivity contribution in [2.45, 2.75) is 50.7 Å². The van der Waals surface area contributed by atoms with Crippen LogP contribution in [-0.4, -0.2) is 66.2 Å². The monoisotopic (exact) mass is 399 g/mol. The molecule has 0 radical (unpaired) electrons. The van der Waals surface area contributed by atoms with Gasteiger partial charge < -0.3 is 24.3 Å². The van der Waals surface area contributed by atoms with Crippen LogP contribution in [0.3, 0.4) is 0 Å². The van der Waals surface area contributed by atoms with E-state index in [9.17, 15) is 19.2 Å². The lowest BCUT2D eigenvalue weighted by Gasteiger charge is -2.43. The molecule has 0 aromatic heterocycles. The molecule has 0 aromatic rings. The molecule has 1 rings (SSSR count). The molecule has 1 unspecified atom stereocenters. The normalized spacial score (nSPS) is 28.6. The maximum Gasteiger partial charge on any atom is 0.303 e. The minimum absolute atomic E-state index is 0.287. The van der Waals surface area contributed by atoms with E-state index in [4.69, 9.17) is 42.1 Å². The summed E-state index contributed by atoms with van der Waals surface area (Å²) in [5.74, 6) is -2.91. The van der Waals surface area contributed by atoms with Gasteiger partial charge in [-0.3, -0.25) is 19.2 Å². The molecule has 1 amide bonds. The number of carbonyl (C=O) groups is 4. The molecule has 142 valence electrons. The molecule has 11 heteroatoms. The molecule has 0 saturated carbocycles. The third-order valence-electron chi connectivity index (χ3n) is 3.14. The maximum atomic E-state index is 11.6. The predicted octanol–water partition coefficient (Wildman–Crippen LogP) is 0.100. The second-order valence-electron chi connectivity index (χ2n) is 5.20. The lowest BCUT2D eigenvalue weighted by molar-refractivity contribution is -0.212. The largest absolute Gasteiger partial charge is 0.463 e. The van der Waals surface area contributed by atoms with Crippen molar-refractivity contribution in [3.63, 3.8) is 0 Å². The van der Waals surface area contributed by atoms with Crippen LogP contribution in [0, 0.1) is 0 Å². The molecule has 0 bridgehead atoms. The molecular weight excluding hydrogens is 381 g/mol. The molecule has 5 atom stereocenters. The lowest BCUT2D eigenvalue weighted by atomic mass is 9.97. The molecule has 1 N–H and O–H groups in total. The number of hydrogen-bond acceptors (Lipinski definition) is 8. The smallest absolute Gasteiger partial charge is 0.303 e. The molecule has 0 spiro atoms. The Morgan fingerprint density at radius 2 is 1.56 bits per heavy atom. The standard InChI is InChI=1S/C14H19Cl2NO8/c1-6(18)22-5-9-12(23-7(2)19)13(24-8(3)20)11(14(16)25-9)17-10(21)4-15/h9,11-14H,4-5H2,1-3H3,(H,17,21)/t9-,11-,12-,13-,14?/m1/s1. The summed E-state index contributed by atoms with van der Waals surface area (Å²) in [5, 5.41) is 2.46. The molecule has 1 aliphatic heterocycles. The van der Waals surface area contributed by atoms with E-state index in [-0.39, 0.29) is 12.5 Å². The Morgan fingerprint density at radius 3 is 2.04 bits per heavy atom. The Hall–Kier alpha value is -1.58. The highest BCUT2D eigenvalue weighted by Crippen LogP contribution is 2.28. The first kappa shape index (κ1) is 21.5. The third kappa shape index (κ3) is 6.68. The average molecular weight is 400 g/mol. The topological polar surface area (TPSA) is 117 Å². The van der Waals surface area contributed by atoms with Crippen molar-refractivity contribution in [3.8, 4) is 0 Å². The first-order valence-electron chi connectivity index (χ1n) is 7.28. The molecule has 1 fully saturated rings. The molecule has 0 aromatic carbocycles. The Balaban J connectivity index is 3.12. The van der Waals surface area contributed by atoms with Crippen molar-refractivity contribution < 1.29 is 38.1 Å². The number of hydrogen-bond donors (Lipinski definition) is 1. The molecular formula is C14H19Cl2NO8. The van der Waals surface area contributed by atoms with E-state index in [2.05, 4.69) is 5.32 Å². The Kier molecular flexibility index (Phi) is 8.40. The zero-order valence-electron chi connectivity index (χ0n) is 13.8. The van der Waals surface area contributed by atoms with Crippen LogP contribution in [0.25, 0.3) is 0 Å². The summed E-state index contributed by atoms with van der Waals surface area (Å²) >= 11 is 11.6. The number of carbonyl (C=O) groups excluding carboxylic acids is 4. The van der Waals surface area contributed by atoms with E-state index in [0.717, 1.165) is 13.8 Å². The van der Waals surface area contributed by atoms with E-state index in [1.807, 2.05) is 0 Å². The number of halogens is 2. The fraction of sp³-hybridized carbons (Fsp3) is 0.714. The number of amides is 1. The van der Waals surface area contributed by atoms with Crippen LogP contribution in [0.2, 0.25) is 0 Å². The Bertz CT molecular complexity index is 529. The Labute approximate surface area is 154 Å². The minimum Gasteiger partial charge on any atom is -0.463 e. The van der Waals surface area contributed by atoms with Crippen LogP contribution >= 0.6 is 23.2 Å². The lowest BCUT2D eigenvalue weighted by Crippen LogP contribution is -2.65. The van der Waals surface area contributed by atoms with Crippen molar-refractivity contribution in [2.24, 2.45) is 0 Å². The highest BCUT2D eigenvalue weighted by atomic mass is 35.5. The van der Waals surface area contributed by atoms with Crippen LogP contribution in [0.15, 0.2) is 0 Å². The maximum absolute atomic E-state index is 11.6. The van der Waals surface area contributed by atoms with Crippen molar-refractivity contribution >= 4 is 47.0 Å². The van der Waals surface area contributed by atoms with Gasteiger partial charge in [0, 0.05) is 20.8 Å². The molecule has 9 nitrogen and oxygen atoms in total. The number of esters is 3. The zero-order valence-corrected chi connectivity index (χ0v) is 15.3. The average Bonchev–Trinajstić information content (AvgIpc) is 2.50. The number of alkyl halides is 2. The quantitative estimate of drug-likeness (QED) is 0.379. The number of rotatable bonds is 6. The second-order valence-corrected chi connectivity index (χ2v) is 5.90. The van der Waals surface area contributed by atoms with Gasteiger partial charge in [-0.25, -0.2) is 0 Å². The fourth-order valence-corrected chi connectivity index (χ4v) is 2.68. The summed E-state index contributed by atoms with van der Waals surface area (Å²) in [6.45, 7) is 3.19. The van der Waals surface area contributed by atoms with Crippen LogP contribution in [-0.2, 0) is 38.1 Å². The van der Waals surface area contributed by atoms with E-state index in [1.54, 1.807) is 0 Å². The van der Waals surface area contributed by atoms with Crippen molar-refractivity contribution in [1.82, 2.24) is 5.32 Å². The van der Waals surface area contributed by atoms with Crippen molar-refractivity contribution in [1.29, 1.82) is 0 Å². The first-order valence-corrected chi connectivity index (χ1v) is 8.25. The Morgan fingerprint density at radius 1 is 1.00 bits per heavy atom.